The molecule has 9 nitrogen and oxygen atoms in total. The van der Waals surface area contributed by atoms with Crippen LogP contribution >= 0.6 is 0 Å². The SMILES string of the molecule is OCCCOc1nccc(-n2cc(-c3ccc(F)cc3)nc2C2OCC(CO)CO2)n1. The lowest BCUT2D eigenvalue weighted by atomic mass is 10.2. The van der Waals surface area contributed by atoms with Crippen molar-refractivity contribution >= 4 is 0 Å². The molecule has 0 bridgehead atoms. The average Bonchev–Trinajstić information content (AvgIpc) is 3.25. The van der Waals surface area contributed by atoms with Crippen LogP contribution in [0.4, 0.5) is 4.39 Å². The van der Waals surface area contributed by atoms with E-state index in [-0.39, 0.29) is 37.6 Å². The third kappa shape index (κ3) is 5.05. The number of ether oxygens (including phenoxy) is 3. The highest BCUT2D eigenvalue weighted by atomic mass is 19.1. The van der Waals surface area contributed by atoms with E-state index in [9.17, 15) is 9.50 Å². The summed E-state index contributed by atoms with van der Waals surface area (Å²) < 4.78 is 32.1. The topological polar surface area (TPSA) is 112 Å². The standard InChI is InChI=1S/C21H23FN4O5/c22-16-4-2-15(3-5-16)17-10-26(18-6-7-23-21(25-18)29-9-1-8-27)19(24-17)20-30-12-14(11-28)13-31-20/h2-7,10,14,20,27-28H,1,8-9,11-13H2. The Labute approximate surface area is 178 Å². The Morgan fingerprint density at radius 3 is 2.58 bits per heavy atom. The fourth-order valence-electron chi connectivity index (χ4n) is 3.07. The van der Waals surface area contributed by atoms with Crippen LogP contribution in [0.2, 0.25) is 0 Å². The Morgan fingerprint density at radius 2 is 1.87 bits per heavy atom. The lowest BCUT2D eigenvalue weighted by Gasteiger charge is -2.28. The van der Waals surface area contributed by atoms with Gasteiger partial charge in [-0.05, 0) is 24.3 Å². The number of nitrogens with zero attached hydrogens (tertiary/aromatic N) is 4. The van der Waals surface area contributed by atoms with E-state index in [1.807, 2.05) is 0 Å². The lowest BCUT2D eigenvalue weighted by molar-refractivity contribution is -0.213. The monoisotopic (exact) mass is 430 g/mol. The van der Waals surface area contributed by atoms with Crippen LogP contribution in [0.3, 0.4) is 0 Å². The van der Waals surface area contributed by atoms with Crippen LogP contribution < -0.4 is 4.74 Å². The zero-order valence-electron chi connectivity index (χ0n) is 16.7. The smallest absolute Gasteiger partial charge is 0.318 e. The van der Waals surface area contributed by atoms with Crippen molar-refractivity contribution in [3.8, 4) is 23.1 Å². The number of benzene rings is 1. The number of rotatable bonds is 8. The number of aliphatic hydroxyl groups is 2. The second-order valence-electron chi connectivity index (χ2n) is 7.03. The van der Waals surface area contributed by atoms with Crippen LogP contribution in [0.1, 0.15) is 18.5 Å². The Hall–Kier alpha value is -2.92. The summed E-state index contributed by atoms with van der Waals surface area (Å²) in [6.45, 7) is 0.938. The molecule has 10 heteroatoms. The summed E-state index contributed by atoms with van der Waals surface area (Å²) in [6, 6.07) is 7.87. The van der Waals surface area contributed by atoms with Crippen LogP contribution in [0.15, 0.2) is 42.7 Å². The van der Waals surface area contributed by atoms with Crippen LogP contribution in [-0.2, 0) is 9.47 Å². The third-order valence-electron chi connectivity index (χ3n) is 4.71. The van der Waals surface area contributed by atoms with Crippen molar-refractivity contribution < 1.29 is 28.8 Å². The second-order valence-corrected chi connectivity index (χ2v) is 7.03. The van der Waals surface area contributed by atoms with Crippen molar-refractivity contribution in [3.05, 3.63) is 54.4 Å². The summed E-state index contributed by atoms with van der Waals surface area (Å²) in [7, 11) is 0. The quantitative estimate of drug-likeness (QED) is 0.521. The molecule has 4 rings (SSSR count). The highest BCUT2D eigenvalue weighted by Crippen LogP contribution is 2.29. The molecule has 0 saturated carbocycles. The van der Waals surface area contributed by atoms with Gasteiger partial charge in [-0.1, -0.05) is 0 Å². The summed E-state index contributed by atoms with van der Waals surface area (Å²) in [6.07, 6.45) is 3.02. The van der Waals surface area contributed by atoms with Gasteiger partial charge in [-0.2, -0.15) is 4.98 Å². The number of imidazole rings is 1. The maximum atomic E-state index is 13.4. The molecule has 2 N–H and O–H groups in total. The zero-order valence-corrected chi connectivity index (χ0v) is 16.7. The molecule has 3 heterocycles. The van der Waals surface area contributed by atoms with Crippen molar-refractivity contribution in [1.29, 1.82) is 0 Å². The zero-order chi connectivity index (χ0) is 21.6. The number of aromatic nitrogens is 4. The Bertz CT molecular complexity index is 990. The summed E-state index contributed by atoms with van der Waals surface area (Å²) in [5, 5.41) is 18.2. The van der Waals surface area contributed by atoms with Crippen molar-refractivity contribution in [3.63, 3.8) is 0 Å². The number of aliphatic hydroxyl groups excluding tert-OH is 2. The van der Waals surface area contributed by atoms with Crippen molar-refractivity contribution in [2.24, 2.45) is 5.92 Å². The number of hydrogen-bond acceptors (Lipinski definition) is 8. The summed E-state index contributed by atoms with van der Waals surface area (Å²) >= 11 is 0. The molecular weight excluding hydrogens is 407 g/mol. The van der Waals surface area contributed by atoms with Gasteiger partial charge in [-0.15, -0.1) is 0 Å². The fraction of sp³-hybridized carbons (Fsp3) is 0.381. The molecule has 0 radical (unpaired) electrons. The molecular formula is C21H23FN4O5. The van der Waals surface area contributed by atoms with Crippen LogP contribution in [0.25, 0.3) is 17.1 Å². The van der Waals surface area contributed by atoms with Crippen LogP contribution in [0.5, 0.6) is 6.01 Å². The van der Waals surface area contributed by atoms with Gasteiger partial charge >= 0.3 is 6.01 Å². The van der Waals surface area contributed by atoms with Crippen molar-refractivity contribution in [2.75, 3.05) is 33.0 Å². The van der Waals surface area contributed by atoms with Crippen LogP contribution in [0, 0.1) is 11.7 Å². The van der Waals surface area contributed by atoms with Gasteiger partial charge in [-0.3, -0.25) is 4.57 Å². The normalized spacial score (nSPS) is 18.8. The molecule has 1 aliphatic rings. The molecule has 0 aliphatic carbocycles. The first-order valence-corrected chi connectivity index (χ1v) is 9.94. The molecule has 1 aromatic carbocycles. The Balaban J connectivity index is 1.68. The summed E-state index contributed by atoms with van der Waals surface area (Å²) in [5.74, 6) is 0.511. The highest BCUT2D eigenvalue weighted by Gasteiger charge is 2.28. The first kappa shape index (κ1) is 21.3. The molecule has 0 spiro atoms. The first-order chi connectivity index (χ1) is 15.2. The van der Waals surface area contributed by atoms with E-state index in [1.165, 1.54) is 12.1 Å². The molecule has 1 fully saturated rings. The van der Waals surface area contributed by atoms with Gasteiger partial charge in [-0.25, -0.2) is 14.4 Å². The molecule has 1 saturated heterocycles. The minimum absolute atomic E-state index is 0.0115. The van der Waals surface area contributed by atoms with E-state index >= 15 is 0 Å². The minimum atomic E-state index is -0.759. The third-order valence-corrected chi connectivity index (χ3v) is 4.71. The maximum absolute atomic E-state index is 13.4. The van der Waals surface area contributed by atoms with Gasteiger partial charge in [0.2, 0.25) is 6.29 Å². The van der Waals surface area contributed by atoms with Gasteiger partial charge in [0.25, 0.3) is 0 Å². The second kappa shape index (κ2) is 9.92. The molecule has 164 valence electrons. The molecule has 31 heavy (non-hydrogen) atoms. The molecule has 0 atom stereocenters. The average molecular weight is 430 g/mol. The molecule has 2 aromatic heterocycles. The minimum Gasteiger partial charge on any atom is -0.463 e. The highest BCUT2D eigenvalue weighted by molar-refractivity contribution is 5.59. The van der Waals surface area contributed by atoms with Crippen molar-refractivity contribution in [2.45, 2.75) is 12.7 Å². The summed E-state index contributed by atoms with van der Waals surface area (Å²) in [5.41, 5.74) is 1.31. The fourth-order valence-corrected chi connectivity index (χ4v) is 3.07. The Kier molecular flexibility index (Phi) is 6.82. The van der Waals surface area contributed by atoms with Gasteiger partial charge in [0.1, 0.15) is 11.6 Å². The predicted octanol–water partition coefficient (Wildman–Crippen LogP) is 1.88. The number of hydrogen-bond donors (Lipinski definition) is 2. The van der Waals surface area contributed by atoms with E-state index in [0.717, 1.165) is 5.56 Å². The first-order valence-electron chi connectivity index (χ1n) is 9.94. The van der Waals surface area contributed by atoms with E-state index in [2.05, 4.69) is 15.0 Å². The van der Waals surface area contributed by atoms with Gasteiger partial charge in [0.15, 0.2) is 5.82 Å². The van der Waals surface area contributed by atoms with E-state index in [0.29, 0.717) is 37.0 Å². The van der Waals surface area contributed by atoms with Gasteiger partial charge in [0.05, 0.1) is 32.1 Å². The van der Waals surface area contributed by atoms with Crippen LogP contribution in [-0.4, -0.2) is 62.8 Å². The van der Waals surface area contributed by atoms with E-state index < -0.39 is 6.29 Å². The summed E-state index contributed by atoms with van der Waals surface area (Å²) in [4.78, 5) is 13.2. The van der Waals surface area contributed by atoms with E-state index in [1.54, 1.807) is 35.2 Å². The van der Waals surface area contributed by atoms with Crippen molar-refractivity contribution in [1.82, 2.24) is 19.5 Å². The maximum Gasteiger partial charge on any atom is 0.318 e. The number of halogens is 1. The molecule has 0 unspecified atom stereocenters. The van der Waals surface area contributed by atoms with E-state index in [4.69, 9.17) is 19.3 Å². The molecule has 3 aromatic rings. The largest absolute Gasteiger partial charge is 0.463 e. The lowest BCUT2D eigenvalue weighted by Crippen LogP contribution is -2.30. The molecule has 0 amide bonds. The predicted molar refractivity (Wildman–Crippen MR) is 107 cm³/mol. The van der Waals surface area contributed by atoms with Gasteiger partial charge in [0, 0.05) is 43.0 Å². The Morgan fingerprint density at radius 1 is 1.10 bits per heavy atom. The van der Waals surface area contributed by atoms with Gasteiger partial charge < -0.3 is 24.4 Å². The molecule has 1 aliphatic heterocycles.